The normalized spacial score (nSPS) is 12.7. The lowest BCUT2D eigenvalue weighted by Crippen LogP contribution is -2.46. The maximum atomic E-state index is 13.5. The first-order chi connectivity index (χ1) is 21.8. The van der Waals surface area contributed by atoms with E-state index in [9.17, 15) is 9.59 Å². The number of amides is 3. The van der Waals surface area contributed by atoms with Gasteiger partial charge in [0, 0.05) is 43.1 Å². The molecule has 3 aromatic carbocycles. The lowest BCUT2D eigenvalue weighted by Gasteiger charge is -2.34. The highest BCUT2D eigenvalue weighted by atomic mass is 35.5. The number of nitrogens with one attached hydrogen (secondary N) is 2. The predicted octanol–water partition coefficient (Wildman–Crippen LogP) is 6.74. The molecule has 1 aliphatic rings. The van der Waals surface area contributed by atoms with E-state index in [0.717, 1.165) is 42.2 Å². The summed E-state index contributed by atoms with van der Waals surface area (Å²) in [7, 11) is 1.66. The molecule has 1 aromatic heterocycles. The van der Waals surface area contributed by atoms with Gasteiger partial charge >= 0.3 is 6.03 Å². The first-order valence-electron chi connectivity index (χ1n) is 15.1. The molecule has 4 aromatic rings. The number of fused-ring (bicyclic) bond motifs is 1. The standard InChI is InChI=1S/C34H38ClN7O3/c1-4-41(5-2)19-20-45-28-15-12-26(13-16-28)38-33-36-22-25-23-42(34(44)40(3)32(25)39-33)30-21-27(14-17-29(30)35)37-31(43)18-11-24-9-7-6-8-10-24/h6-10,12-17,21-22H,4-5,11,18-20,23H2,1-3H3,(H,37,43)(H,36,38,39). The number of likely N-dealkylation sites (N-methyl/N-ethyl adjacent to an activating group) is 1. The number of aryl methyl sites for hydroxylation is 1. The molecule has 0 saturated heterocycles. The molecule has 45 heavy (non-hydrogen) atoms. The van der Waals surface area contributed by atoms with Crippen molar-refractivity contribution in [3.63, 3.8) is 0 Å². The minimum absolute atomic E-state index is 0.120. The number of anilines is 5. The smallest absolute Gasteiger partial charge is 0.330 e. The molecule has 0 atom stereocenters. The number of carbonyl (C=O) groups excluding carboxylic acids is 2. The van der Waals surface area contributed by atoms with Gasteiger partial charge in [-0.05, 0) is 67.5 Å². The Labute approximate surface area is 269 Å². The average molecular weight is 628 g/mol. The highest BCUT2D eigenvalue weighted by Gasteiger charge is 2.32. The highest BCUT2D eigenvalue weighted by Crippen LogP contribution is 2.35. The van der Waals surface area contributed by atoms with E-state index in [2.05, 4.69) is 39.3 Å². The number of nitrogens with zero attached hydrogens (tertiary/aromatic N) is 5. The Hall–Kier alpha value is -4.67. The van der Waals surface area contributed by atoms with Gasteiger partial charge in [-0.3, -0.25) is 14.6 Å². The third-order valence-corrected chi connectivity index (χ3v) is 8.01. The molecule has 0 fully saturated rings. The summed E-state index contributed by atoms with van der Waals surface area (Å²) < 4.78 is 5.87. The lowest BCUT2D eigenvalue weighted by atomic mass is 10.1. The van der Waals surface area contributed by atoms with Crippen LogP contribution < -0.4 is 25.2 Å². The van der Waals surface area contributed by atoms with Crippen molar-refractivity contribution in [2.24, 2.45) is 0 Å². The zero-order valence-electron chi connectivity index (χ0n) is 25.8. The summed E-state index contributed by atoms with van der Waals surface area (Å²) in [6, 6.07) is 22.3. The van der Waals surface area contributed by atoms with Crippen LogP contribution in [0.25, 0.3) is 0 Å². The number of hydrogen-bond acceptors (Lipinski definition) is 7. The van der Waals surface area contributed by atoms with Crippen LogP contribution in [0, 0.1) is 0 Å². The monoisotopic (exact) mass is 627 g/mol. The number of aromatic nitrogens is 2. The second kappa shape index (κ2) is 14.9. The van der Waals surface area contributed by atoms with Crippen LogP contribution in [0.4, 0.5) is 33.6 Å². The van der Waals surface area contributed by atoms with Gasteiger partial charge in [0.1, 0.15) is 18.2 Å². The van der Waals surface area contributed by atoms with Crippen LogP contribution >= 0.6 is 11.6 Å². The van der Waals surface area contributed by atoms with E-state index in [1.807, 2.05) is 54.6 Å². The molecular formula is C34H38ClN7O3. The van der Waals surface area contributed by atoms with E-state index in [1.54, 1.807) is 36.3 Å². The average Bonchev–Trinajstić information content (AvgIpc) is 3.06. The Kier molecular flexibility index (Phi) is 10.5. The summed E-state index contributed by atoms with van der Waals surface area (Å²) in [4.78, 5) is 40.6. The van der Waals surface area contributed by atoms with Crippen LogP contribution in [0.2, 0.25) is 5.02 Å². The van der Waals surface area contributed by atoms with Crippen molar-refractivity contribution in [2.45, 2.75) is 33.2 Å². The fraction of sp³-hybridized carbons (Fsp3) is 0.294. The van der Waals surface area contributed by atoms with Gasteiger partial charge in [-0.25, -0.2) is 9.78 Å². The molecule has 0 aliphatic carbocycles. The van der Waals surface area contributed by atoms with Gasteiger partial charge in [-0.2, -0.15) is 4.98 Å². The highest BCUT2D eigenvalue weighted by molar-refractivity contribution is 6.34. The van der Waals surface area contributed by atoms with Gasteiger partial charge in [0.25, 0.3) is 0 Å². The fourth-order valence-electron chi connectivity index (χ4n) is 5.08. The molecule has 1 aliphatic heterocycles. The number of halogens is 1. The minimum atomic E-state index is -0.298. The zero-order valence-corrected chi connectivity index (χ0v) is 26.6. The maximum Gasteiger partial charge on any atom is 0.330 e. The van der Waals surface area contributed by atoms with Crippen LogP contribution in [0.5, 0.6) is 5.75 Å². The van der Waals surface area contributed by atoms with E-state index in [-0.39, 0.29) is 18.5 Å². The van der Waals surface area contributed by atoms with Crippen molar-refractivity contribution in [3.8, 4) is 5.75 Å². The van der Waals surface area contributed by atoms with Crippen LogP contribution in [0.3, 0.4) is 0 Å². The SMILES string of the molecule is CCN(CC)CCOc1ccc(Nc2ncc3c(n2)N(C)C(=O)N(c2cc(NC(=O)CCc4ccccc4)ccc2Cl)C3)cc1. The summed E-state index contributed by atoms with van der Waals surface area (Å²) in [5.41, 5.74) is 3.70. The number of carbonyl (C=O) groups is 2. The van der Waals surface area contributed by atoms with Crippen molar-refractivity contribution in [2.75, 3.05) is 53.7 Å². The molecule has 0 radical (unpaired) electrons. The number of benzene rings is 3. The Morgan fingerprint density at radius 3 is 2.49 bits per heavy atom. The quantitative estimate of drug-likeness (QED) is 0.169. The van der Waals surface area contributed by atoms with Crippen LogP contribution in [0.1, 0.15) is 31.4 Å². The van der Waals surface area contributed by atoms with Crippen molar-refractivity contribution >= 4 is 52.4 Å². The van der Waals surface area contributed by atoms with Crippen LogP contribution in [0.15, 0.2) is 79.0 Å². The summed E-state index contributed by atoms with van der Waals surface area (Å²) in [6.07, 6.45) is 2.67. The molecule has 0 unspecified atom stereocenters. The largest absolute Gasteiger partial charge is 0.492 e. The summed E-state index contributed by atoms with van der Waals surface area (Å²) in [5, 5.41) is 6.52. The fourth-order valence-corrected chi connectivity index (χ4v) is 5.30. The third-order valence-electron chi connectivity index (χ3n) is 7.69. The van der Waals surface area contributed by atoms with E-state index in [0.29, 0.717) is 47.6 Å². The Bertz CT molecular complexity index is 1610. The number of hydrogen-bond donors (Lipinski definition) is 2. The van der Waals surface area contributed by atoms with E-state index in [4.69, 9.17) is 16.3 Å². The molecule has 5 rings (SSSR count). The molecule has 0 saturated carbocycles. The first kappa shape index (κ1) is 31.7. The Morgan fingerprint density at radius 1 is 1.02 bits per heavy atom. The molecule has 0 spiro atoms. The molecule has 2 N–H and O–H groups in total. The van der Waals surface area contributed by atoms with Crippen LogP contribution in [-0.4, -0.2) is 60.1 Å². The van der Waals surface area contributed by atoms with Gasteiger partial charge in [0.05, 0.1) is 17.3 Å². The molecule has 3 amide bonds. The Morgan fingerprint density at radius 2 is 1.76 bits per heavy atom. The van der Waals surface area contributed by atoms with Gasteiger partial charge < -0.3 is 20.3 Å². The maximum absolute atomic E-state index is 13.5. The number of rotatable bonds is 13. The second-order valence-corrected chi connectivity index (χ2v) is 11.1. The second-order valence-electron chi connectivity index (χ2n) is 10.7. The molecule has 2 heterocycles. The lowest BCUT2D eigenvalue weighted by molar-refractivity contribution is -0.116. The van der Waals surface area contributed by atoms with Crippen molar-refractivity contribution in [1.82, 2.24) is 14.9 Å². The molecule has 10 nitrogen and oxygen atoms in total. The van der Waals surface area contributed by atoms with Gasteiger partial charge in [0.15, 0.2) is 0 Å². The summed E-state index contributed by atoms with van der Waals surface area (Å²) in [5.74, 6) is 1.55. The topological polar surface area (TPSA) is 103 Å². The molecule has 11 heteroatoms. The van der Waals surface area contributed by atoms with Gasteiger partial charge in [-0.1, -0.05) is 55.8 Å². The van der Waals surface area contributed by atoms with E-state index < -0.39 is 0 Å². The summed E-state index contributed by atoms with van der Waals surface area (Å²) >= 11 is 6.55. The van der Waals surface area contributed by atoms with Gasteiger partial charge in [-0.15, -0.1) is 0 Å². The van der Waals surface area contributed by atoms with Crippen molar-refractivity contribution in [1.29, 1.82) is 0 Å². The van der Waals surface area contributed by atoms with Gasteiger partial charge in [0.2, 0.25) is 11.9 Å². The van der Waals surface area contributed by atoms with Crippen molar-refractivity contribution in [3.05, 3.63) is 95.1 Å². The number of urea groups is 1. The molecule has 234 valence electrons. The zero-order chi connectivity index (χ0) is 31.8. The molecular weight excluding hydrogens is 590 g/mol. The minimum Gasteiger partial charge on any atom is -0.492 e. The Balaban J connectivity index is 1.22. The van der Waals surface area contributed by atoms with Crippen LogP contribution in [-0.2, 0) is 17.8 Å². The third kappa shape index (κ3) is 8.09. The van der Waals surface area contributed by atoms with E-state index >= 15 is 0 Å². The predicted molar refractivity (Wildman–Crippen MR) is 180 cm³/mol. The molecule has 0 bridgehead atoms. The van der Waals surface area contributed by atoms with Crippen molar-refractivity contribution < 1.29 is 14.3 Å². The van der Waals surface area contributed by atoms with E-state index in [1.165, 1.54) is 4.90 Å². The first-order valence-corrected chi connectivity index (χ1v) is 15.5. The number of ether oxygens (including phenoxy) is 1. The summed E-state index contributed by atoms with van der Waals surface area (Å²) in [6.45, 7) is 8.01.